The minimum atomic E-state index is -0.484. The van der Waals surface area contributed by atoms with Crippen LogP contribution in [0.3, 0.4) is 0 Å². The summed E-state index contributed by atoms with van der Waals surface area (Å²) >= 11 is 1.28. The molecule has 2 aromatic carbocycles. The number of esters is 1. The predicted octanol–water partition coefficient (Wildman–Crippen LogP) is 3.17. The Hall–Kier alpha value is -3.04. The molecule has 0 fully saturated rings. The molecule has 3 aromatic rings. The van der Waals surface area contributed by atoms with Crippen LogP contribution in [0.4, 0.5) is 4.39 Å². The highest BCUT2D eigenvalue weighted by Gasteiger charge is 2.13. The number of rotatable bonds is 8. The Morgan fingerprint density at radius 1 is 1.17 bits per heavy atom. The van der Waals surface area contributed by atoms with Crippen molar-refractivity contribution >= 4 is 33.4 Å². The molecule has 9 heteroatoms. The molecule has 0 atom stereocenters. The van der Waals surface area contributed by atoms with E-state index >= 15 is 0 Å². The molecule has 0 unspecified atom stereocenters. The van der Waals surface area contributed by atoms with Crippen molar-refractivity contribution in [1.82, 2.24) is 4.57 Å². The molecule has 0 aliphatic carbocycles. The normalized spacial score (nSPS) is 11.6. The van der Waals surface area contributed by atoms with Gasteiger partial charge < -0.3 is 18.8 Å². The van der Waals surface area contributed by atoms with Crippen molar-refractivity contribution in [3.63, 3.8) is 0 Å². The number of carbonyl (C=O) groups excluding carboxylic acids is 2. The number of thiazole rings is 1. The van der Waals surface area contributed by atoms with Crippen LogP contribution in [0.25, 0.3) is 10.2 Å². The van der Waals surface area contributed by atoms with Gasteiger partial charge in [0.2, 0.25) is 0 Å². The first-order valence-electron chi connectivity index (χ1n) is 9.27. The number of aromatic nitrogens is 1. The van der Waals surface area contributed by atoms with Gasteiger partial charge in [0, 0.05) is 13.7 Å². The van der Waals surface area contributed by atoms with Crippen LogP contribution < -0.4 is 9.54 Å². The highest BCUT2D eigenvalue weighted by molar-refractivity contribution is 7.16. The average molecular weight is 432 g/mol. The molecule has 0 spiro atoms. The Labute approximate surface area is 176 Å². The Kier molecular flexibility index (Phi) is 7.31. The van der Waals surface area contributed by atoms with Crippen LogP contribution >= 0.6 is 11.3 Å². The largest absolute Gasteiger partial charge is 0.484 e. The lowest BCUT2D eigenvalue weighted by atomic mass is 10.2. The van der Waals surface area contributed by atoms with Gasteiger partial charge in [-0.25, -0.2) is 9.18 Å². The summed E-state index contributed by atoms with van der Waals surface area (Å²) in [6.07, 6.45) is 0. The van der Waals surface area contributed by atoms with E-state index in [1.165, 1.54) is 35.6 Å². The van der Waals surface area contributed by atoms with E-state index in [2.05, 4.69) is 4.99 Å². The van der Waals surface area contributed by atoms with E-state index in [1.807, 2.05) is 4.57 Å². The van der Waals surface area contributed by atoms with Crippen molar-refractivity contribution in [2.75, 3.05) is 26.9 Å². The third-order valence-corrected chi connectivity index (χ3v) is 5.15. The molecule has 7 nitrogen and oxygen atoms in total. The molecule has 0 saturated carbocycles. The van der Waals surface area contributed by atoms with Crippen LogP contribution in [0.15, 0.2) is 47.5 Å². The number of carbonyl (C=O) groups is 2. The second-order valence-electron chi connectivity index (χ2n) is 6.18. The summed E-state index contributed by atoms with van der Waals surface area (Å²) in [4.78, 5) is 29.0. The maximum absolute atomic E-state index is 13.0. The molecule has 1 aromatic heterocycles. The van der Waals surface area contributed by atoms with E-state index < -0.39 is 11.9 Å². The number of fused-ring (bicyclic) bond motifs is 1. The van der Waals surface area contributed by atoms with Crippen LogP contribution in [-0.4, -0.2) is 43.4 Å². The van der Waals surface area contributed by atoms with Gasteiger partial charge in [0.1, 0.15) is 11.6 Å². The maximum Gasteiger partial charge on any atom is 0.338 e. The van der Waals surface area contributed by atoms with E-state index in [0.29, 0.717) is 29.3 Å². The molecule has 0 aliphatic rings. The van der Waals surface area contributed by atoms with Gasteiger partial charge in [-0.05, 0) is 49.4 Å². The number of halogens is 1. The molecule has 0 aliphatic heterocycles. The second-order valence-corrected chi connectivity index (χ2v) is 7.19. The number of ether oxygens (including phenoxy) is 3. The summed E-state index contributed by atoms with van der Waals surface area (Å²) in [5.41, 5.74) is 1.26. The van der Waals surface area contributed by atoms with Gasteiger partial charge in [-0.15, -0.1) is 0 Å². The number of hydrogen-bond donors (Lipinski definition) is 0. The zero-order valence-electron chi connectivity index (χ0n) is 16.6. The quantitative estimate of drug-likeness (QED) is 0.511. The van der Waals surface area contributed by atoms with Gasteiger partial charge in [-0.3, -0.25) is 4.79 Å². The molecule has 1 amide bonds. The molecule has 0 bridgehead atoms. The van der Waals surface area contributed by atoms with E-state index in [4.69, 9.17) is 14.2 Å². The third-order valence-electron chi connectivity index (χ3n) is 4.11. The zero-order valence-corrected chi connectivity index (χ0v) is 17.4. The van der Waals surface area contributed by atoms with Crippen LogP contribution in [0, 0.1) is 5.82 Å². The maximum atomic E-state index is 13.0. The number of benzene rings is 2. The fourth-order valence-electron chi connectivity index (χ4n) is 2.71. The van der Waals surface area contributed by atoms with Gasteiger partial charge in [-0.1, -0.05) is 11.3 Å². The minimum absolute atomic E-state index is 0.280. The predicted molar refractivity (Wildman–Crippen MR) is 110 cm³/mol. The first-order chi connectivity index (χ1) is 14.5. The lowest BCUT2D eigenvalue weighted by molar-refractivity contribution is -0.120. The van der Waals surface area contributed by atoms with Crippen LogP contribution in [-0.2, 0) is 20.8 Å². The Morgan fingerprint density at radius 2 is 1.93 bits per heavy atom. The Bertz CT molecular complexity index is 1100. The summed E-state index contributed by atoms with van der Waals surface area (Å²) in [5, 5.41) is 0. The molecular formula is C21H21FN2O5S. The number of methoxy groups -OCH3 is 1. The summed E-state index contributed by atoms with van der Waals surface area (Å²) in [6.45, 7) is 2.67. The monoisotopic (exact) mass is 432 g/mol. The SMILES string of the molecule is CCOC(=O)c1ccc2c(c1)sc(=NC(=O)COc1ccc(F)cc1)n2CCOC. The van der Waals surface area contributed by atoms with E-state index in [0.717, 1.165) is 10.2 Å². The van der Waals surface area contributed by atoms with E-state index in [-0.39, 0.29) is 19.0 Å². The smallest absolute Gasteiger partial charge is 0.338 e. The first-order valence-corrected chi connectivity index (χ1v) is 10.1. The van der Waals surface area contributed by atoms with Crippen molar-refractivity contribution in [2.24, 2.45) is 4.99 Å². The molecule has 30 heavy (non-hydrogen) atoms. The number of amides is 1. The van der Waals surface area contributed by atoms with Crippen molar-refractivity contribution in [3.8, 4) is 5.75 Å². The van der Waals surface area contributed by atoms with Crippen molar-refractivity contribution in [3.05, 3.63) is 58.6 Å². The highest BCUT2D eigenvalue weighted by atomic mass is 32.1. The van der Waals surface area contributed by atoms with Crippen LogP contribution in [0.2, 0.25) is 0 Å². The van der Waals surface area contributed by atoms with Gasteiger partial charge in [0.25, 0.3) is 5.91 Å². The summed E-state index contributed by atoms with van der Waals surface area (Å²) in [6, 6.07) is 10.6. The Morgan fingerprint density at radius 3 is 2.63 bits per heavy atom. The fourth-order valence-corrected chi connectivity index (χ4v) is 3.83. The first kappa shape index (κ1) is 21.7. The minimum Gasteiger partial charge on any atom is -0.484 e. The Balaban J connectivity index is 1.88. The standard InChI is InChI=1S/C21H21FN2O5S/c1-3-28-20(26)14-4-9-17-18(12-14)30-21(24(17)10-11-27-2)23-19(25)13-29-16-7-5-15(22)6-8-16/h4-9,12H,3,10-11,13H2,1-2H3. The number of hydrogen-bond acceptors (Lipinski definition) is 6. The van der Waals surface area contributed by atoms with Crippen LogP contribution in [0.1, 0.15) is 17.3 Å². The molecule has 3 rings (SSSR count). The van der Waals surface area contributed by atoms with Crippen molar-refractivity contribution < 1.29 is 28.2 Å². The molecular weight excluding hydrogens is 411 g/mol. The van der Waals surface area contributed by atoms with E-state index in [9.17, 15) is 14.0 Å². The van der Waals surface area contributed by atoms with Crippen LogP contribution in [0.5, 0.6) is 5.75 Å². The molecule has 1 heterocycles. The van der Waals surface area contributed by atoms with Gasteiger partial charge >= 0.3 is 5.97 Å². The molecule has 158 valence electrons. The molecule has 0 N–H and O–H groups in total. The highest BCUT2D eigenvalue weighted by Crippen LogP contribution is 2.20. The van der Waals surface area contributed by atoms with E-state index in [1.54, 1.807) is 32.2 Å². The number of nitrogens with zero attached hydrogens (tertiary/aromatic N) is 2. The topological polar surface area (TPSA) is 79.1 Å². The third kappa shape index (κ3) is 5.31. The van der Waals surface area contributed by atoms with Crippen molar-refractivity contribution in [1.29, 1.82) is 0 Å². The second kappa shape index (κ2) is 10.1. The van der Waals surface area contributed by atoms with Gasteiger partial charge in [0.05, 0.1) is 29.0 Å². The zero-order chi connectivity index (χ0) is 21.5. The summed E-state index contributed by atoms with van der Waals surface area (Å²) in [7, 11) is 1.59. The van der Waals surface area contributed by atoms with Gasteiger partial charge in [0.15, 0.2) is 11.4 Å². The van der Waals surface area contributed by atoms with Crippen molar-refractivity contribution in [2.45, 2.75) is 13.5 Å². The lowest BCUT2D eigenvalue weighted by Crippen LogP contribution is -2.21. The lowest BCUT2D eigenvalue weighted by Gasteiger charge is -2.06. The summed E-state index contributed by atoms with van der Waals surface area (Å²) < 4.78 is 31.2. The summed E-state index contributed by atoms with van der Waals surface area (Å²) in [5.74, 6) is -0.895. The fraction of sp³-hybridized carbons (Fsp3) is 0.286. The van der Waals surface area contributed by atoms with Gasteiger partial charge in [-0.2, -0.15) is 4.99 Å². The molecule has 0 radical (unpaired) electrons. The average Bonchev–Trinajstić information content (AvgIpc) is 3.08. The molecule has 0 saturated heterocycles.